The van der Waals surface area contributed by atoms with Crippen molar-refractivity contribution < 1.29 is 14.2 Å². The Hall–Kier alpha value is -2.00. The largest absolute Gasteiger partial charge is 0.497 e. The third-order valence-electron chi connectivity index (χ3n) is 4.39. The molecule has 130 valence electrons. The molecule has 2 atom stereocenters. The molecular formula is C21H28O3. The molecule has 0 aromatic heterocycles. The maximum Gasteiger partial charge on any atom is 0.197 e. The average Bonchev–Trinajstić information content (AvgIpc) is 2.60. The molecule has 0 bridgehead atoms. The first-order valence-corrected chi connectivity index (χ1v) is 8.55. The Morgan fingerprint density at radius 3 is 2.21 bits per heavy atom. The highest BCUT2D eigenvalue weighted by molar-refractivity contribution is 5.34. The Balaban J connectivity index is 1.88. The van der Waals surface area contributed by atoms with Gasteiger partial charge in [-0.15, -0.1) is 0 Å². The number of hydrogen-bond donors (Lipinski definition) is 0. The fraction of sp³-hybridized carbons (Fsp3) is 0.429. The molecule has 0 saturated heterocycles. The average molecular weight is 328 g/mol. The first-order chi connectivity index (χ1) is 11.5. The van der Waals surface area contributed by atoms with Gasteiger partial charge in [0.05, 0.1) is 13.7 Å². The van der Waals surface area contributed by atoms with Gasteiger partial charge in [-0.3, -0.25) is 0 Å². The summed E-state index contributed by atoms with van der Waals surface area (Å²) in [6.07, 6.45) is 0.835. The number of benzene rings is 2. The quantitative estimate of drug-likeness (QED) is 0.602. The summed E-state index contributed by atoms with van der Waals surface area (Å²) in [7, 11) is 1.67. The Morgan fingerprint density at radius 2 is 1.62 bits per heavy atom. The third-order valence-corrected chi connectivity index (χ3v) is 4.39. The van der Waals surface area contributed by atoms with Gasteiger partial charge < -0.3 is 14.2 Å². The van der Waals surface area contributed by atoms with Crippen LogP contribution in [-0.2, 0) is 11.3 Å². The molecule has 3 nitrogen and oxygen atoms in total. The van der Waals surface area contributed by atoms with Crippen molar-refractivity contribution in [2.75, 3.05) is 7.11 Å². The smallest absolute Gasteiger partial charge is 0.197 e. The van der Waals surface area contributed by atoms with Crippen molar-refractivity contribution in [1.29, 1.82) is 0 Å². The number of methoxy groups -OCH3 is 1. The summed E-state index contributed by atoms with van der Waals surface area (Å²) in [6.45, 7) is 8.93. The standard InChI is InChI=1S/C21H28O3/c1-6-15(2)18-7-10-20(11-8-18)24-17(4)23-14-19-9-12-21(22-5)13-16(19)3/h7-13,15,17H,6,14H2,1-5H3. The van der Waals surface area contributed by atoms with Gasteiger partial charge in [-0.1, -0.05) is 32.0 Å². The predicted octanol–water partition coefficient (Wildman–Crippen LogP) is 5.46. The lowest BCUT2D eigenvalue weighted by Crippen LogP contribution is -2.16. The summed E-state index contributed by atoms with van der Waals surface area (Å²) in [4.78, 5) is 0. The van der Waals surface area contributed by atoms with Crippen molar-refractivity contribution in [3.05, 3.63) is 59.2 Å². The van der Waals surface area contributed by atoms with E-state index in [9.17, 15) is 0 Å². The van der Waals surface area contributed by atoms with Gasteiger partial charge in [-0.05, 0) is 67.1 Å². The first-order valence-electron chi connectivity index (χ1n) is 8.55. The van der Waals surface area contributed by atoms with Crippen molar-refractivity contribution in [2.24, 2.45) is 0 Å². The van der Waals surface area contributed by atoms with Gasteiger partial charge in [0.25, 0.3) is 0 Å². The van der Waals surface area contributed by atoms with E-state index in [-0.39, 0.29) is 6.29 Å². The SMILES string of the molecule is CCC(C)c1ccc(OC(C)OCc2ccc(OC)cc2C)cc1. The van der Waals surface area contributed by atoms with Crippen LogP contribution in [0.2, 0.25) is 0 Å². The molecule has 2 aromatic rings. The molecule has 24 heavy (non-hydrogen) atoms. The Morgan fingerprint density at radius 1 is 0.958 bits per heavy atom. The van der Waals surface area contributed by atoms with Crippen molar-refractivity contribution in [3.8, 4) is 11.5 Å². The van der Waals surface area contributed by atoms with Crippen LogP contribution in [0.1, 0.15) is 49.8 Å². The van der Waals surface area contributed by atoms with Crippen LogP contribution in [0.4, 0.5) is 0 Å². The lowest BCUT2D eigenvalue weighted by atomic mass is 9.99. The van der Waals surface area contributed by atoms with E-state index in [0.717, 1.165) is 29.0 Å². The van der Waals surface area contributed by atoms with E-state index >= 15 is 0 Å². The molecule has 2 aromatic carbocycles. The highest BCUT2D eigenvalue weighted by atomic mass is 16.7. The zero-order valence-corrected chi connectivity index (χ0v) is 15.3. The summed E-state index contributed by atoms with van der Waals surface area (Å²) in [5, 5.41) is 0. The molecule has 0 aliphatic carbocycles. The molecule has 0 aliphatic rings. The minimum Gasteiger partial charge on any atom is -0.497 e. The molecule has 0 amide bonds. The molecule has 2 unspecified atom stereocenters. The zero-order chi connectivity index (χ0) is 17.5. The van der Waals surface area contributed by atoms with E-state index in [0.29, 0.717) is 12.5 Å². The van der Waals surface area contributed by atoms with Crippen LogP contribution >= 0.6 is 0 Å². The third kappa shape index (κ3) is 5.00. The number of aryl methyl sites for hydroxylation is 1. The van der Waals surface area contributed by atoms with Gasteiger partial charge in [0.2, 0.25) is 0 Å². The minimum absolute atomic E-state index is 0.305. The zero-order valence-electron chi connectivity index (χ0n) is 15.3. The van der Waals surface area contributed by atoms with Crippen LogP contribution in [0.5, 0.6) is 11.5 Å². The molecule has 0 saturated carbocycles. The predicted molar refractivity (Wildman–Crippen MR) is 97.8 cm³/mol. The van der Waals surface area contributed by atoms with Crippen molar-refractivity contribution in [1.82, 2.24) is 0 Å². The van der Waals surface area contributed by atoms with Crippen LogP contribution in [0.3, 0.4) is 0 Å². The normalized spacial score (nSPS) is 13.4. The highest BCUT2D eigenvalue weighted by Crippen LogP contribution is 2.23. The summed E-state index contributed by atoms with van der Waals surface area (Å²) in [6, 6.07) is 14.3. The van der Waals surface area contributed by atoms with Crippen LogP contribution in [0.25, 0.3) is 0 Å². The van der Waals surface area contributed by atoms with E-state index in [4.69, 9.17) is 14.2 Å². The summed E-state index contributed by atoms with van der Waals surface area (Å²) >= 11 is 0. The highest BCUT2D eigenvalue weighted by Gasteiger charge is 2.08. The molecular weight excluding hydrogens is 300 g/mol. The van der Waals surface area contributed by atoms with Crippen LogP contribution in [0, 0.1) is 6.92 Å². The fourth-order valence-electron chi connectivity index (χ4n) is 2.50. The topological polar surface area (TPSA) is 27.7 Å². The van der Waals surface area contributed by atoms with Crippen molar-refractivity contribution >= 4 is 0 Å². The van der Waals surface area contributed by atoms with Crippen LogP contribution in [0.15, 0.2) is 42.5 Å². The maximum atomic E-state index is 5.84. The van der Waals surface area contributed by atoms with E-state index in [1.807, 2.05) is 37.3 Å². The summed E-state index contributed by atoms with van der Waals surface area (Å²) in [5.74, 6) is 2.27. The second-order valence-corrected chi connectivity index (χ2v) is 6.17. The van der Waals surface area contributed by atoms with E-state index < -0.39 is 0 Å². The minimum atomic E-state index is -0.305. The summed E-state index contributed by atoms with van der Waals surface area (Å²) < 4.78 is 16.9. The van der Waals surface area contributed by atoms with E-state index in [1.165, 1.54) is 5.56 Å². The molecule has 2 rings (SSSR count). The Kier molecular flexibility index (Phi) is 6.68. The van der Waals surface area contributed by atoms with Crippen LogP contribution < -0.4 is 9.47 Å². The molecule has 0 N–H and O–H groups in total. The molecule has 0 fully saturated rings. The molecule has 0 radical (unpaired) electrons. The second-order valence-electron chi connectivity index (χ2n) is 6.17. The monoisotopic (exact) mass is 328 g/mol. The van der Waals surface area contributed by atoms with Gasteiger partial charge in [-0.2, -0.15) is 0 Å². The number of ether oxygens (including phenoxy) is 3. The van der Waals surface area contributed by atoms with Gasteiger partial charge in [0, 0.05) is 0 Å². The van der Waals surface area contributed by atoms with E-state index in [2.05, 4.69) is 32.9 Å². The Bertz CT molecular complexity index is 634. The van der Waals surface area contributed by atoms with Gasteiger partial charge >= 0.3 is 0 Å². The number of hydrogen-bond acceptors (Lipinski definition) is 3. The second kappa shape index (κ2) is 8.74. The molecule has 3 heteroatoms. The molecule has 0 aliphatic heterocycles. The molecule has 0 spiro atoms. The van der Waals surface area contributed by atoms with Gasteiger partial charge in [0.15, 0.2) is 6.29 Å². The molecule has 0 heterocycles. The lowest BCUT2D eigenvalue weighted by molar-refractivity contribution is -0.0760. The van der Waals surface area contributed by atoms with Gasteiger partial charge in [0.1, 0.15) is 11.5 Å². The van der Waals surface area contributed by atoms with Crippen molar-refractivity contribution in [2.45, 2.75) is 52.9 Å². The van der Waals surface area contributed by atoms with E-state index in [1.54, 1.807) is 7.11 Å². The van der Waals surface area contributed by atoms with Crippen LogP contribution in [-0.4, -0.2) is 13.4 Å². The van der Waals surface area contributed by atoms with Crippen molar-refractivity contribution in [3.63, 3.8) is 0 Å². The maximum absolute atomic E-state index is 5.84. The number of rotatable bonds is 8. The van der Waals surface area contributed by atoms with Gasteiger partial charge in [-0.25, -0.2) is 0 Å². The lowest BCUT2D eigenvalue weighted by Gasteiger charge is -2.17. The fourth-order valence-corrected chi connectivity index (χ4v) is 2.50. The summed E-state index contributed by atoms with van der Waals surface area (Å²) in [5.41, 5.74) is 3.63. The Labute approximate surface area is 145 Å². The first kappa shape index (κ1) is 18.3.